The van der Waals surface area contributed by atoms with Crippen LogP contribution in [0.5, 0.6) is 0 Å². The van der Waals surface area contributed by atoms with Gasteiger partial charge in [0.1, 0.15) is 11.2 Å². The van der Waals surface area contributed by atoms with Gasteiger partial charge in [-0.25, -0.2) is 0 Å². The average molecular weight is 393 g/mol. The van der Waals surface area contributed by atoms with Gasteiger partial charge in [-0.15, -0.1) is 0 Å². The molecule has 0 fully saturated rings. The quantitative estimate of drug-likeness (QED) is 0.285. The van der Waals surface area contributed by atoms with Crippen LogP contribution < -0.4 is 10.8 Å². The van der Waals surface area contributed by atoms with Crippen molar-refractivity contribution >= 4 is 41.4 Å². The van der Waals surface area contributed by atoms with E-state index in [0.717, 1.165) is 27.4 Å². The minimum absolute atomic E-state index is 0.0295. The average Bonchev–Trinajstić information content (AvgIpc) is 3.33. The van der Waals surface area contributed by atoms with Gasteiger partial charge in [0.15, 0.2) is 5.58 Å². The highest BCUT2D eigenvalue weighted by molar-refractivity contribution is 5.87. The summed E-state index contributed by atoms with van der Waals surface area (Å²) in [5.74, 6) is 0.368. The largest absolute Gasteiger partial charge is 0.469 e. The second-order valence-corrected chi connectivity index (χ2v) is 6.72. The summed E-state index contributed by atoms with van der Waals surface area (Å²) in [7, 11) is 1.37. The third-order valence-corrected chi connectivity index (χ3v) is 5.03. The lowest BCUT2D eigenvalue weighted by Gasteiger charge is -2.03. The fraction of sp³-hybridized carbons (Fsp3) is 0.190. The first kappa shape index (κ1) is 18.5. The third kappa shape index (κ3) is 3.08. The van der Waals surface area contributed by atoms with Crippen molar-refractivity contribution in [1.29, 1.82) is 0 Å². The number of aromatic nitrogens is 2. The fourth-order valence-electron chi connectivity index (χ4n) is 3.53. The van der Waals surface area contributed by atoms with Crippen LogP contribution in [-0.4, -0.2) is 27.0 Å². The van der Waals surface area contributed by atoms with E-state index in [1.165, 1.54) is 19.2 Å². The highest BCUT2D eigenvalue weighted by Crippen LogP contribution is 2.30. The second-order valence-electron chi connectivity index (χ2n) is 6.72. The predicted molar refractivity (Wildman–Crippen MR) is 109 cm³/mol. The molecule has 29 heavy (non-hydrogen) atoms. The van der Waals surface area contributed by atoms with Crippen LogP contribution in [0.4, 0.5) is 5.69 Å². The van der Waals surface area contributed by atoms with Gasteiger partial charge in [-0.05, 0) is 18.6 Å². The molecule has 4 rings (SSSR count). The Bertz CT molecular complexity index is 1340. The van der Waals surface area contributed by atoms with Gasteiger partial charge in [-0.2, -0.15) is 0 Å². The van der Waals surface area contributed by atoms with Crippen LogP contribution in [0.2, 0.25) is 0 Å². The van der Waals surface area contributed by atoms with Crippen LogP contribution in [0, 0.1) is 10.1 Å². The van der Waals surface area contributed by atoms with Crippen LogP contribution in [0.25, 0.3) is 41.1 Å². The number of nitro groups is 1. The Labute approximate surface area is 165 Å². The molecule has 0 aliphatic rings. The minimum atomic E-state index is -0.435. The molecule has 0 saturated carbocycles. The van der Waals surface area contributed by atoms with Crippen molar-refractivity contribution in [2.24, 2.45) is 0 Å². The summed E-state index contributed by atoms with van der Waals surface area (Å²) in [5.41, 5.74) is 3.93. The lowest BCUT2D eigenvalue weighted by atomic mass is 10.1. The molecular formula is C21H19N3O5. The third-order valence-electron chi connectivity index (χ3n) is 5.03. The Kier molecular flexibility index (Phi) is 4.46. The van der Waals surface area contributed by atoms with Crippen LogP contribution >= 0.6 is 0 Å². The summed E-state index contributed by atoms with van der Waals surface area (Å²) in [6, 6.07) is 10.0. The van der Waals surface area contributed by atoms with E-state index in [1.54, 1.807) is 12.1 Å². The lowest BCUT2D eigenvalue weighted by molar-refractivity contribution is -0.384. The van der Waals surface area contributed by atoms with Crippen molar-refractivity contribution in [3.05, 3.63) is 57.3 Å². The van der Waals surface area contributed by atoms with Crippen molar-refractivity contribution < 1.29 is 18.9 Å². The molecule has 148 valence electrons. The number of nitro benzene ring substituents is 1. The highest BCUT2D eigenvalue weighted by atomic mass is 16.6. The molecule has 0 radical (unpaired) electrons. The second kappa shape index (κ2) is 6.97. The molecule has 0 saturated heterocycles. The van der Waals surface area contributed by atoms with Gasteiger partial charge in [0.2, 0.25) is 0 Å². The number of fused-ring (bicyclic) bond motifs is 3. The first-order chi connectivity index (χ1) is 13.9. The number of methoxy groups -OCH3 is 1. The topological polar surface area (TPSA) is 91.9 Å². The van der Waals surface area contributed by atoms with Gasteiger partial charge in [0, 0.05) is 42.8 Å². The Morgan fingerprint density at radius 3 is 2.59 bits per heavy atom. The number of hydrogen-bond donors (Lipinski definition) is 0. The molecule has 0 aliphatic heterocycles. The van der Waals surface area contributed by atoms with Crippen molar-refractivity contribution in [1.82, 2.24) is 8.97 Å². The number of rotatable bonds is 6. The molecule has 0 N–H and O–H groups in total. The van der Waals surface area contributed by atoms with Gasteiger partial charge in [-0.1, -0.05) is 13.2 Å². The molecule has 0 bridgehead atoms. The van der Waals surface area contributed by atoms with E-state index in [9.17, 15) is 14.9 Å². The molecule has 8 nitrogen and oxygen atoms in total. The molecule has 0 spiro atoms. The van der Waals surface area contributed by atoms with Crippen LogP contribution in [0.15, 0.2) is 40.8 Å². The smallest absolute Gasteiger partial charge is 0.305 e. The number of non-ortho nitro benzene ring substituents is 1. The monoisotopic (exact) mass is 393 g/mol. The van der Waals surface area contributed by atoms with Crippen molar-refractivity contribution in [3.63, 3.8) is 0 Å². The van der Waals surface area contributed by atoms with Crippen molar-refractivity contribution in [2.75, 3.05) is 7.11 Å². The van der Waals surface area contributed by atoms with E-state index < -0.39 is 4.92 Å². The van der Waals surface area contributed by atoms with E-state index in [2.05, 4.69) is 17.9 Å². The number of ether oxygens (including phenoxy) is 1. The van der Waals surface area contributed by atoms with Gasteiger partial charge in [0.25, 0.3) is 5.69 Å². The van der Waals surface area contributed by atoms with Gasteiger partial charge in [0.05, 0.1) is 28.4 Å². The maximum absolute atomic E-state index is 11.3. The lowest BCUT2D eigenvalue weighted by Crippen LogP contribution is -2.27. The molecule has 0 atom stereocenters. The van der Waals surface area contributed by atoms with Crippen molar-refractivity contribution in [3.8, 4) is 11.3 Å². The standard InChI is InChI=1S/C21H19N3O5/c1-13-17-11-20-18(23(17)14(2)22(13)10-4-5-21(25)28-3)12-19(29-20)15-6-8-16(9-7-15)24(26)27/h6-9,11-12H,1-2,4-5,10H2,3H3. The Balaban J connectivity index is 1.71. The van der Waals surface area contributed by atoms with E-state index in [0.29, 0.717) is 30.7 Å². The zero-order valence-corrected chi connectivity index (χ0v) is 15.9. The molecule has 3 heterocycles. The van der Waals surface area contributed by atoms with E-state index in [1.807, 2.05) is 21.1 Å². The van der Waals surface area contributed by atoms with Gasteiger partial charge in [-0.3, -0.25) is 19.3 Å². The SMILES string of the molecule is C=c1c2cc3oc(-c4ccc([N+](=O)[O-])cc4)cc3n2c(=C)n1CCCC(=O)OC. The first-order valence-corrected chi connectivity index (χ1v) is 9.03. The summed E-state index contributed by atoms with van der Waals surface area (Å²) >= 11 is 0. The van der Waals surface area contributed by atoms with E-state index >= 15 is 0 Å². The molecule has 3 aromatic heterocycles. The molecular weight excluding hydrogens is 374 g/mol. The maximum atomic E-state index is 11.3. The molecule has 8 heteroatoms. The zero-order chi connectivity index (χ0) is 20.7. The number of imidazole rings is 1. The van der Waals surface area contributed by atoms with Gasteiger partial charge < -0.3 is 13.7 Å². The van der Waals surface area contributed by atoms with E-state index in [4.69, 9.17) is 4.42 Å². The Morgan fingerprint density at radius 1 is 1.21 bits per heavy atom. The van der Waals surface area contributed by atoms with Crippen LogP contribution in [-0.2, 0) is 16.1 Å². The molecule has 0 amide bonds. The van der Waals surface area contributed by atoms with E-state index in [-0.39, 0.29) is 11.7 Å². The molecule has 1 aromatic carbocycles. The van der Waals surface area contributed by atoms with Gasteiger partial charge >= 0.3 is 5.97 Å². The van der Waals surface area contributed by atoms with Crippen LogP contribution in [0.1, 0.15) is 12.8 Å². The predicted octanol–water partition coefficient (Wildman–Crippen LogP) is 2.84. The summed E-state index contributed by atoms with van der Waals surface area (Å²) in [4.78, 5) is 21.7. The number of esters is 1. The van der Waals surface area contributed by atoms with Crippen LogP contribution in [0.3, 0.4) is 0 Å². The zero-order valence-electron chi connectivity index (χ0n) is 15.9. The maximum Gasteiger partial charge on any atom is 0.305 e. The summed E-state index contributed by atoms with van der Waals surface area (Å²) < 4.78 is 14.6. The Morgan fingerprint density at radius 2 is 1.93 bits per heavy atom. The summed E-state index contributed by atoms with van der Waals surface area (Å²) in [5, 5.41) is 11.6. The Hall–Kier alpha value is -3.81. The highest BCUT2D eigenvalue weighted by Gasteiger charge is 2.16. The number of nitrogens with zero attached hydrogens (tertiary/aromatic N) is 3. The number of benzene rings is 1. The summed E-state index contributed by atoms with van der Waals surface area (Å²) in [6.07, 6.45) is 0.950. The number of hydrogen-bond acceptors (Lipinski definition) is 5. The minimum Gasteiger partial charge on any atom is -0.469 e. The number of carbonyl (C=O) groups excluding carboxylic acids is 1. The molecule has 0 aliphatic carbocycles. The number of carbonyl (C=O) groups is 1. The normalized spacial score (nSPS) is 11.3. The first-order valence-electron chi connectivity index (χ1n) is 9.03. The molecule has 4 aromatic rings. The van der Waals surface area contributed by atoms with Crippen molar-refractivity contribution in [2.45, 2.75) is 19.4 Å². The molecule has 0 unspecified atom stereocenters. The summed E-state index contributed by atoms with van der Waals surface area (Å²) in [6.45, 7) is 8.93. The number of furan rings is 1. The fourth-order valence-corrected chi connectivity index (χ4v) is 3.53.